The van der Waals surface area contributed by atoms with Gasteiger partial charge < -0.3 is 14.3 Å². The van der Waals surface area contributed by atoms with E-state index in [-0.39, 0.29) is 0 Å². The standard InChI is InChI=1S/C18H18O3/c1-3-15-8-9-17(21-15)18(19)14-5-4-13-11-16(20-2)7-6-12(13)10-14/h4-11,18-19H,3H2,1-2H3. The number of aryl methyl sites for hydroxylation is 1. The summed E-state index contributed by atoms with van der Waals surface area (Å²) in [6.45, 7) is 2.03. The molecule has 0 spiro atoms. The predicted molar refractivity (Wildman–Crippen MR) is 82.6 cm³/mol. The smallest absolute Gasteiger partial charge is 0.137 e. The molecule has 3 aromatic rings. The van der Waals surface area contributed by atoms with Crippen LogP contribution in [0.1, 0.15) is 30.1 Å². The zero-order valence-corrected chi connectivity index (χ0v) is 12.2. The molecule has 2 aromatic carbocycles. The molecule has 0 fully saturated rings. The minimum absolute atomic E-state index is 0.583. The van der Waals surface area contributed by atoms with E-state index < -0.39 is 6.10 Å². The van der Waals surface area contributed by atoms with E-state index in [0.29, 0.717) is 5.76 Å². The summed E-state index contributed by atoms with van der Waals surface area (Å²) in [5, 5.41) is 12.6. The Kier molecular flexibility index (Phi) is 3.67. The van der Waals surface area contributed by atoms with E-state index in [1.807, 2.05) is 55.5 Å². The monoisotopic (exact) mass is 282 g/mol. The van der Waals surface area contributed by atoms with Crippen molar-refractivity contribution < 1.29 is 14.3 Å². The van der Waals surface area contributed by atoms with Gasteiger partial charge in [0, 0.05) is 6.42 Å². The highest BCUT2D eigenvalue weighted by Gasteiger charge is 2.15. The van der Waals surface area contributed by atoms with Gasteiger partial charge in [-0.2, -0.15) is 0 Å². The lowest BCUT2D eigenvalue weighted by Crippen LogP contribution is -1.98. The summed E-state index contributed by atoms with van der Waals surface area (Å²) in [5.74, 6) is 2.30. The lowest BCUT2D eigenvalue weighted by atomic mass is 10.0. The van der Waals surface area contributed by atoms with Crippen LogP contribution >= 0.6 is 0 Å². The van der Waals surface area contributed by atoms with Crippen molar-refractivity contribution in [2.24, 2.45) is 0 Å². The highest BCUT2D eigenvalue weighted by atomic mass is 16.5. The van der Waals surface area contributed by atoms with Crippen LogP contribution in [-0.2, 0) is 6.42 Å². The number of ether oxygens (including phenoxy) is 1. The fourth-order valence-electron chi connectivity index (χ4n) is 2.44. The van der Waals surface area contributed by atoms with Crippen molar-refractivity contribution in [3.8, 4) is 5.75 Å². The molecule has 21 heavy (non-hydrogen) atoms. The van der Waals surface area contributed by atoms with Crippen LogP contribution < -0.4 is 4.74 Å². The molecule has 0 bridgehead atoms. The second-order valence-electron chi connectivity index (χ2n) is 5.03. The van der Waals surface area contributed by atoms with Crippen LogP contribution in [0.25, 0.3) is 10.8 Å². The number of hydrogen-bond donors (Lipinski definition) is 1. The Bertz CT molecular complexity index is 758. The second kappa shape index (κ2) is 5.62. The van der Waals surface area contributed by atoms with E-state index in [4.69, 9.17) is 9.15 Å². The van der Waals surface area contributed by atoms with Gasteiger partial charge in [0.2, 0.25) is 0 Å². The third-order valence-corrected chi connectivity index (χ3v) is 3.69. The van der Waals surface area contributed by atoms with Gasteiger partial charge in [-0.15, -0.1) is 0 Å². The normalized spacial score (nSPS) is 12.5. The first-order valence-electron chi connectivity index (χ1n) is 7.05. The zero-order valence-electron chi connectivity index (χ0n) is 12.2. The van der Waals surface area contributed by atoms with Crippen LogP contribution in [-0.4, -0.2) is 12.2 Å². The van der Waals surface area contributed by atoms with Crippen molar-refractivity contribution in [1.82, 2.24) is 0 Å². The average Bonchev–Trinajstić information content (AvgIpc) is 3.02. The van der Waals surface area contributed by atoms with Crippen LogP contribution in [0.5, 0.6) is 5.75 Å². The largest absolute Gasteiger partial charge is 0.497 e. The summed E-state index contributed by atoms with van der Waals surface area (Å²) in [5.41, 5.74) is 0.824. The number of aliphatic hydroxyl groups is 1. The first kappa shape index (κ1) is 13.7. The minimum atomic E-state index is -0.739. The van der Waals surface area contributed by atoms with Crippen LogP contribution in [0.3, 0.4) is 0 Å². The molecule has 3 heteroatoms. The van der Waals surface area contributed by atoms with E-state index in [0.717, 1.165) is 34.3 Å². The van der Waals surface area contributed by atoms with Crippen LogP contribution in [0, 0.1) is 0 Å². The molecular formula is C18H18O3. The molecule has 1 aromatic heterocycles. The Morgan fingerprint density at radius 1 is 1.05 bits per heavy atom. The van der Waals surface area contributed by atoms with Crippen molar-refractivity contribution >= 4 is 10.8 Å². The minimum Gasteiger partial charge on any atom is -0.497 e. The van der Waals surface area contributed by atoms with Crippen LogP contribution in [0.4, 0.5) is 0 Å². The van der Waals surface area contributed by atoms with Crippen LogP contribution in [0.2, 0.25) is 0 Å². The summed E-state index contributed by atoms with van der Waals surface area (Å²) in [6.07, 6.45) is 0.0846. The van der Waals surface area contributed by atoms with Gasteiger partial charge >= 0.3 is 0 Å². The number of benzene rings is 2. The van der Waals surface area contributed by atoms with E-state index in [9.17, 15) is 5.11 Å². The highest BCUT2D eigenvalue weighted by Crippen LogP contribution is 2.28. The summed E-state index contributed by atoms with van der Waals surface area (Å²) in [4.78, 5) is 0. The van der Waals surface area contributed by atoms with Gasteiger partial charge in [-0.25, -0.2) is 0 Å². The maximum atomic E-state index is 10.4. The molecule has 108 valence electrons. The van der Waals surface area contributed by atoms with Gasteiger partial charge in [-0.3, -0.25) is 0 Å². The molecule has 0 saturated carbocycles. The first-order chi connectivity index (χ1) is 10.2. The predicted octanol–water partition coefficient (Wildman–Crippen LogP) is 4.09. The molecule has 0 aliphatic heterocycles. The maximum Gasteiger partial charge on any atom is 0.137 e. The lowest BCUT2D eigenvalue weighted by molar-refractivity contribution is 0.187. The second-order valence-corrected chi connectivity index (χ2v) is 5.03. The maximum absolute atomic E-state index is 10.4. The quantitative estimate of drug-likeness (QED) is 0.784. The van der Waals surface area contributed by atoms with Crippen molar-refractivity contribution in [3.05, 3.63) is 65.6 Å². The van der Waals surface area contributed by atoms with Gasteiger partial charge in [0.05, 0.1) is 7.11 Å². The fraction of sp³-hybridized carbons (Fsp3) is 0.222. The molecule has 1 atom stereocenters. The molecule has 3 nitrogen and oxygen atoms in total. The van der Waals surface area contributed by atoms with E-state index in [1.54, 1.807) is 7.11 Å². The molecule has 1 heterocycles. The Morgan fingerprint density at radius 2 is 1.81 bits per heavy atom. The summed E-state index contributed by atoms with van der Waals surface area (Å²) >= 11 is 0. The number of hydrogen-bond acceptors (Lipinski definition) is 3. The molecular weight excluding hydrogens is 264 g/mol. The first-order valence-corrected chi connectivity index (χ1v) is 7.05. The summed E-state index contributed by atoms with van der Waals surface area (Å²) in [7, 11) is 1.65. The van der Waals surface area contributed by atoms with Crippen LogP contribution in [0.15, 0.2) is 52.9 Å². The highest BCUT2D eigenvalue weighted by molar-refractivity contribution is 5.84. The van der Waals surface area contributed by atoms with Crippen molar-refractivity contribution in [1.29, 1.82) is 0 Å². The van der Waals surface area contributed by atoms with E-state index in [1.165, 1.54) is 0 Å². The zero-order chi connectivity index (χ0) is 14.8. The number of furan rings is 1. The van der Waals surface area contributed by atoms with Gasteiger partial charge in [-0.05, 0) is 46.7 Å². The van der Waals surface area contributed by atoms with Gasteiger partial charge in [-0.1, -0.05) is 25.1 Å². The van der Waals surface area contributed by atoms with Crippen molar-refractivity contribution in [2.75, 3.05) is 7.11 Å². The van der Waals surface area contributed by atoms with E-state index >= 15 is 0 Å². The third kappa shape index (κ3) is 2.65. The number of aliphatic hydroxyl groups excluding tert-OH is 1. The van der Waals surface area contributed by atoms with Gasteiger partial charge in [0.25, 0.3) is 0 Å². The number of methoxy groups -OCH3 is 1. The summed E-state index contributed by atoms with van der Waals surface area (Å²) < 4.78 is 10.8. The number of rotatable bonds is 4. The molecule has 0 saturated heterocycles. The molecule has 3 rings (SSSR count). The molecule has 1 N–H and O–H groups in total. The Labute approximate surface area is 123 Å². The third-order valence-electron chi connectivity index (χ3n) is 3.69. The molecule has 0 aliphatic carbocycles. The van der Waals surface area contributed by atoms with Crippen molar-refractivity contribution in [3.63, 3.8) is 0 Å². The number of fused-ring (bicyclic) bond motifs is 1. The summed E-state index contributed by atoms with van der Waals surface area (Å²) in [6, 6.07) is 15.5. The molecule has 0 radical (unpaired) electrons. The molecule has 1 unspecified atom stereocenters. The van der Waals surface area contributed by atoms with Gasteiger partial charge in [0.1, 0.15) is 23.4 Å². The van der Waals surface area contributed by atoms with Gasteiger partial charge in [0.15, 0.2) is 0 Å². The topological polar surface area (TPSA) is 42.6 Å². The Balaban J connectivity index is 1.96. The van der Waals surface area contributed by atoms with Crippen molar-refractivity contribution in [2.45, 2.75) is 19.4 Å². The van der Waals surface area contributed by atoms with E-state index in [2.05, 4.69) is 0 Å². The molecule has 0 amide bonds. The fourth-order valence-corrected chi connectivity index (χ4v) is 2.44. The average molecular weight is 282 g/mol. The lowest BCUT2D eigenvalue weighted by Gasteiger charge is -2.10. The Morgan fingerprint density at radius 3 is 2.52 bits per heavy atom. The SMILES string of the molecule is CCc1ccc(C(O)c2ccc3cc(OC)ccc3c2)o1. The molecule has 0 aliphatic rings. The Hall–Kier alpha value is -2.26.